The molecular formula is C14H16O. The van der Waals surface area contributed by atoms with Crippen molar-refractivity contribution in [3.63, 3.8) is 0 Å². The van der Waals surface area contributed by atoms with E-state index in [0.29, 0.717) is 11.8 Å². The molecule has 0 aliphatic heterocycles. The Labute approximate surface area is 90.5 Å². The van der Waals surface area contributed by atoms with E-state index in [-0.39, 0.29) is 6.61 Å². The Hall–Kier alpha value is -1.08. The Kier molecular flexibility index (Phi) is 2.14. The van der Waals surface area contributed by atoms with E-state index in [4.69, 9.17) is 0 Å². The fraction of sp³-hybridized carbons (Fsp3) is 0.429. The molecule has 0 fully saturated rings. The van der Waals surface area contributed by atoms with Gasteiger partial charge in [0.1, 0.15) is 0 Å². The van der Waals surface area contributed by atoms with Crippen LogP contribution in [0.2, 0.25) is 0 Å². The third kappa shape index (κ3) is 1.26. The zero-order chi connectivity index (χ0) is 10.3. The van der Waals surface area contributed by atoms with Crippen LogP contribution in [0.5, 0.6) is 0 Å². The van der Waals surface area contributed by atoms with Crippen molar-refractivity contribution in [3.05, 3.63) is 47.1 Å². The first-order chi connectivity index (χ1) is 7.42. The van der Waals surface area contributed by atoms with Crippen LogP contribution in [-0.4, -0.2) is 11.7 Å². The smallest absolute Gasteiger partial charge is 0.0534 e. The normalized spacial score (nSPS) is 32.7. The minimum absolute atomic E-state index is 0.281. The first-order valence-electron chi connectivity index (χ1n) is 5.78. The molecule has 0 bridgehead atoms. The second-order valence-electron chi connectivity index (χ2n) is 4.54. The molecule has 0 aromatic carbocycles. The predicted octanol–water partition coefficient (Wildman–Crippen LogP) is 2.76. The second-order valence-corrected chi connectivity index (χ2v) is 4.54. The predicted molar refractivity (Wildman–Crippen MR) is 61.3 cm³/mol. The van der Waals surface area contributed by atoms with Crippen molar-refractivity contribution < 1.29 is 5.11 Å². The highest BCUT2D eigenvalue weighted by Gasteiger charge is 2.36. The molecule has 0 spiro atoms. The molecule has 0 aromatic heterocycles. The van der Waals surface area contributed by atoms with Crippen LogP contribution in [0.4, 0.5) is 0 Å². The minimum atomic E-state index is 0.281. The lowest BCUT2D eigenvalue weighted by molar-refractivity contribution is 0.261. The van der Waals surface area contributed by atoms with Crippen molar-refractivity contribution in [1.29, 1.82) is 0 Å². The van der Waals surface area contributed by atoms with Crippen LogP contribution in [0.15, 0.2) is 47.1 Å². The molecule has 15 heavy (non-hydrogen) atoms. The van der Waals surface area contributed by atoms with Crippen molar-refractivity contribution >= 4 is 0 Å². The molecule has 3 rings (SSSR count). The number of aliphatic hydroxyl groups excluding tert-OH is 1. The molecule has 3 aliphatic rings. The molecule has 2 atom stereocenters. The lowest BCUT2D eigenvalue weighted by Crippen LogP contribution is -2.11. The standard InChI is InChI=1S/C14H16O/c15-9-14-12-7-3-1-5-10(12)11-6-2-4-8-13(11)14/h1-3,6-7,10,14-15H,4-5,8-9H2. The average Bonchev–Trinajstić information content (AvgIpc) is 2.63. The van der Waals surface area contributed by atoms with Gasteiger partial charge in [0.05, 0.1) is 6.61 Å². The van der Waals surface area contributed by atoms with Crippen LogP contribution in [0.1, 0.15) is 19.3 Å². The van der Waals surface area contributed by atoms with E-state index in [1.165, 1.54) is 16.7 Å². The topological polar surface area (TPSA) is 20.2 Å². The van der Waals surface area contributed by atoms with E-state index >= 15 is 0 Å². The molecule has 1 heteroatoms. The molecule has 0 saturated carbocycles. The summed E-state index contributed by atoms with van der Waals surface area (Å²) in [6.07, 6.45) is 14.5. The lowest BCUT2D eigenvalue weighted by Gasteiger charge is -2.18. The van der Waals surface area contributed by atoms with Crippen molar-refractivity contribution in [1.82, 2.24) is 0 Å². The van der Waals surface area contributed by atoms with Gasteiger partial charge in [-0.3, -0.25) is 0 Å². The molecular weight excluding hydrogens is 184 g/mol. The van der Waals surface area contributed by atoms with Gasteiger partial charge in [0.25, 0.3) is 0 Å². The number of hydrogen-bond acceptors (Lipinski definition) is 1. The molecule has 0 amide bonds. The Bertz CT molecular complexity index is 396. The Balaban J connectivity index is 2.06. The van der Waals surface area contributed by atoms with E-state index in [2.05, 4.69) is 30.4 Å². The van der Waals surface area contributed by atoms with Gasteiger partial charge in [0.15, 0.2) is 0 Å². The largest absolute Gasteiger partial charge is 0.395 e. The monoisotopic (exact) mass is 200 g/mol. The van der Waals surface area contributed by atoms with Gasteiger partial charge >= 0.3 is 0 Å². The fourth-order valence-corrected chi connectivity index (χ4v) is 3.14. The van der Waals surface area contributed by atoms with Crippen molar-refractivity contribution in [2.24, 2.45) is 11.8 Å². The minimum Gasteiger partial charge on any atom is -0.395 e. The zero-order valence-corrected chi connectivity index (χ0v) is 8.82. The van der Waals surface area contributed by atoms with Crippen LogP contribution in [0.25, 0.3) is 0 Å². The van der Waals surface area contributed by atoms with Crippen molar-refractivity contribution in [3.8, 4) is 0 Å². The van der Waals surface area contributed by atoms with Gasteiger partial charge in [0, 0.05) is 11.8 Å². The highest BCUT2D eigenvalue weighted by atomic mass is 16.3. The third-order valence-corrected chi connectivity index (χ3v) is 3.83. The van der Waals surface area contributed by atoms with Crippen LogP contribution in [0.3, 0.4) is 0 Å². The fourth-order valence-electron chi connectivity index (χ4n) is 3.14. The van der Waals surface area contributed by atoms with Gasteiger partial charge in [-0.15, -0.1) is 0 Å². The van der Waals surface area contributed by atoms with Gasteiger partial charge < -0.3 is 5.11 Å². The maximum atomic E-state index is 9.52. The number of allylic oxidation sites excluding steroid dienone is 6. The average molecular weight is 200 g/mol. The maximum absolute atomic E-state index is 9.52. The zero-order valence-electron chi connectivity index (χ0n) is 8.82. The summed E-state index contributed by atoms with van der Waals surface area (Å²) in [6.45, 7) is 0.281. The van der Waals surface area contributed by atoms with Gasteiger partial charge in [0.2, 0.25) is 0 Å². The highest BCUT2D eigenvalue weighted by molar-refractivity contribution is 5.50. The summed E-state index contributed by atoms with van der Waals surface area (Å²) in [6, 6.07) is 0. The molecule has 1 nitrogen and oxygen atoms in total. The SMILES string of the molecule is OCC1C2=CC=CCC2C2=C1CCC=C2. The van der Waals surface area contributed by atoms with Gasteiger partial charge in [-0.25, -0.2) is 0 Å². The summed E-state index contributed by atoms with van der Waals surface area (Å²) in [5.41, 5.74) is 4.44. The Morgan fingerprint density at radius 3 is 3.13 bits per heavy atom. The first-order valence-corrected chi connectivity index (χ1v) is 5.78. The van der Waals surface area contributed by atoms with Gasteiger partial charge in [-0.05, 0) is 24.8 Å². The second kappa shape index (κ2) is 3.49. The summed E-state index contributed by atoms with van der Waals surface area (Å²) in [4.78, 5) is 0. The summed E-state index contributed by atoms with van der Waals surface area (Å²) >= 11 is 0. The third-order valence-electron chi connectivity index (χ3n) is 3.83. The molecule has 3 aliphatic carbocycles. The number of hydrogen-bond donors (Lipinski definition) is 1. The van der Waals surface area contributed by atoms with Crippen LogP contribution in [-0.2, 0) is 0 Å². The van der Waals surface area contributed by atoms with Crippen LogP contribution >= 0.6 is 0 Å². The Morgan fingerprint density at radius 2 is 2.27 bits per heavy atom. The maximum Gasteiger partial charge on any atom is 0.0534 e. The van der Waals surface area contributed by atoms with E-state index in [0.717, 1.165) is 19.3 Å². The first kappa shape index (κ1) is 9.17. The van der Waals surface area contributed by atoms with Crippen LogP contribution in [0, 0.1) is 11.8 Å². The van der Waals surface area contributed by atoms with E-state index in [9.17, 15) is 5.11 Å². The molecule has 0 aromatic rings. The van der Waals surface area contributed by atoms with Crippen molar-refractivity contribution in [2.75, 3.05) is 6.61 Å². The molecule has 78 valence electrons. The molecule has 0 heterocycles. The van der Waals surface area contributed by atoms with E-state index in [1.807, 2.05) is 0 Å². The van der Waals surface area contributed by atoms with E-state index < -0.39 is 0 Å². The summed E-state index contributed by atoms with van der Waals surface area (Å²) in [5, 5.41) is 9.52. The highest BCUT2D eigenvalue weighted by Crippen LogP contribution is 2.48. The van der Waals surface area contributed by atoms with Crippen molar-refractivity contribution in [2.45, 2.75) is 19.3 Å². The van der Waals surface area contributed by atoms with E-state index in [1.54, 1.807) is 0 Å². The van der Waals surface area contributed by atoms with Gasteiger partial charge in [-0.1, -0.05) is 41.5 Å². The number of fused-ring (bicyclic) bond motifs is 2. The lowest BCUT2D eigenvalue weighted by atomic mass is 9.87. The van der Waals surface area contributed by atoms with Gasteiger partial charge in [-0.2, -0.15) is 0 Å². The summed E-state index contributed by atoms with van der Waals surface area (Å²) < 4.78 is 0. The molecule has 0 saturated heterocycles. The van der Waals surface area contributed by atoms with Crippen LogP contribution < -0.4 is 0 Å². The number of rotatable bonds is 1. The quantitative estimate of drug-likeness (QED) is 0.690. The molecule has 0 radical (unpaired) electrons. The number of aliphatic hydroxyl groups is 1. The summed E-state index contributed by atoms with van der Waals surface area (Å²) in [5.74, 6) is 0.888. The molecule has 1 N–H and O–H groups in total. The summed E-state index contributed by atoms with van der Waals surface area (Å²) in [7, 11) is 0. The Morgan fingerprint density at radius 1 is 1.33 bits per heavy atom. The molecule has 2 unspecified atom stereocenters.